The van der Waals surface area contributed by atoms with Crippen molar-refractivity contribution in [1.82, 2.24) is 25.1 Å². The zero-order valence-electron chi connectivity index (χ0n) is 27.9. The predicted molar refractivity (Wildman–Crippen MR) is 180 cm³/mol. The maximum Gasteiger partial charge on any atom is 0.345 e. The molecule has 17 heteroatoms. The first-order valence-corrected chi connectivity index (χ1v) is 17.8. The van der Waals surface area contributed by atoms with Crippen LogP contribution in [0.2, 0.25) is 0 Å². The number of nitrogens with one attached hydrogen (secondary N) is 1. The number of sulfone groups is 1. The van der Waals surface area contributed by atoms with Gasteiger partial charge in [-0.25, -0.2) is 27.9 Å². The quantitative estimate of drug-likeness (QED) is 0.157. The monoisotopic (exact) mass is 728 g/mol. The van der Waals surface area contributed by atoms with Gasteiger partial charge in [0, 0.05) is 31.1 Å². The molecule has 1 aromatic carbocycles. The lowest BCUT2D eigenvalue weighted by Gasteiger charge is -2.25. The number of pyridine rings is 2. The molecule has 272 valence electrons. The molecule has 1 N–H and O–H groups in total. The molecule has 4 heterocycles. The number of aromatic nitrogens is 4. The maximum absolute atomic E-state index is 13.4. The van der Waals surface area contributed by atoms with E-state index in [9.17, 15) is 26.8 Å². The van der Waals surface area contributed by atoms with E-state index in [2.05, 4.69) is 25.1 Å². The van der Waals surface area contributed by atoms with Crippen LogP contribution in [-0.2, 0) is 28.8 Å². The molecule has 0 radical (unpaired) electrons. The number of hydrogen-bond donors (Lipinski definition) is 1. The first kappa shape index (κ1) is 37.3. The Morgan fingerprint density at radius 3 is 2.47 bits per heavy atom. The third-order valence-electron chi connectivity index (χ3n) is 8.01. The number of ether oxygens (including phenoxy) is 4. The topological polar surface area (TPSA) is 164 Å². The van der Waals surface area contributed by atoms with Gasteiger partial charge in [0.05, 0.1) is 66.5 Å². The van der Waals surface area contributed by atoms with Crippen molar-refractivity contribution < 1.29 is 45.7 Å². The third-order valence-corrected chi connectivity index (χ3v) is 9.76. The van der Waals surface area contributed by atoms with E-state index in [4.69, 9.17) is 14.2 Å². The molecular formula is C34H38F2N6O8S. The van der Waals surface area contributed by atoms with Gasteiger partial charge in [0.25, 0.3) is 5.91 Å². The fourth-order valence-electron chi connectivity index (χ4n) is 5.44. The average Bonchev–Trinajstić information content (AvgIpc) is 3.82. The minimum Gasteiger partial charge on any atom is -0.472 e. The predicted octanol–water partition coefficient (Wildman–Crippen LogP) is 3.77. The number of halogens is 2. The second kappa shape index (κ2) is 17.3. The van der Waals surface area contributed by atoms with Gasteiger partial charge >= 0.3 is 12.6 Å². The molecule has 3 aromatic heterocycles. The van der Waals surface area contributed by atoms with E-state index < -0.39 is 46.5 Å². The van der Waals surface area contributed by atoms with Crippen LogP contribution in [0.5, 0.6) is 5.88 Å². The number of nitrogens with zero attached hydrogens (tertiary/aromatic N) is 5. The highest BCUT2D eigenvalue weighted by Crippen LogP contribution is 2.28. The van der Waals surface area contributed by atoms with Crippen LogP contribution in [0.25, 0.3) is 5.69 Å². The van der Waals surface area contributed by atoms with Gasteiger partial charge in [-0.05, 0) is 48.9 Å². The molecule has 51 heavy (non-hydrogen) atoms. The number of amides is 1. The van der Waals surface area contributed by atoms with Gasteiger partial charge in [0.2, 0.25) is 5.88 Å². The number of carbonyl (C=O) groups excluding carboxylic acids is 2. The van der Waals surface area contributed by atoms with Gasteiger partial charge in [-0.3, -0.25) is 4.79 Å². The van der Waals surface area contributed by atoms with Crippen LogP contribution < -0.4 is 15.0 Å². The van der Waals surface area contributed by atoms with Crippen LogP contribution in [0.15, 0.2) is 84.3 Å². The van der Waals surface area contributed by atoms with Gasteiger partial charge in [0.15, 0.2) is 9.84 Å². The number of benzene rings is 1. The summed E-state index contributed by atoms with van der Waals surface area (Å²) in [6.07, 6.45) is 6.34. The van der Waals surface area contributed by atoms with Gasteiger partial charge in [-0.2, -0.15) is 13.9 Å². The van der Waals surface area contributed by atoms with Gasteiger partial charge in [0.1, 0.15) is 18.5 Å². The van der Waals surface area contributed by atoms with Gasteiger partial charge < -0.3 is 29.2 Å². The number of esters is 1. The van der Waals surface area contributed by atoms with Crippen LogP contribution >= 0.6 is 0 Å². The second-order valence-corrected chi connectivity index (χ2v) is 13.7. The number of hydrogen-bond acceptors (Lipinski definition) is 12. The normalized spacial score (nSPS) is 16.6. The fourth-order valence-corrected chi connectivity index (χ4v) is 6.33. The van der Waals surface area contributed by atoms with Crippen LogP contribution in [0, 0.1) is 0 Å². The summed E-state index contributed by atoms with van der Waals surface area (Å²) in [5, 5.41) is 7.02. The van der Waals surface area contributed by atoms with Crippen LogP contribution in [0.3, 0.4) is 0 Å². The van der Waals surface area contributed by atoms with E-state index in [1.807, 2.05) is 0 Å². The summed E-state index contributed by atoms with van der Waals surface area (Å²) in [6, 6.07) is 13.2. The highest BCUT2D eigenvalue weighted by molar-refractivity contribution is 7.91. The lowest BCUT2D eigenvalue weighted by atomic mass is 10.1. The molecule has 14 nitrogen and oxygen atoms in total. The lowest BCUT2D eigenvalue weighted by Crippen LogP contribution is -2.35. The number of alkyl halides is 2. The SMILES string of the molecule is CCOC(=O)COC[C@H](NC(=O)c1ccc(N2C[C@@H](Oc3ccc(-n4cccn4)cn3)C[C@H]2COC(F)F)nc1)c1ccc(S(=O)(=O)CC)cc1. The first-order valence-electron chi connectivity index (χ1n) is 16.2. The number of rotatable bonds is 17. The Hall–Kier alpha value is -5.00. The molecule has 4 aromatic rings. The molecule has 0 bridgehead atoms. The summed E-state index contributed by atoms with van der Waals surface area (Å²) in [7, 11) is -3.44. The molecule has 1 aliphatic rings. The second-order valence-electron chi connectivity index (χ2n) is 11.4. The van der Waals surface area contributed by atoms with Crippen molar-refractivity contribution in [2.75, 3.05) is 43.6 Å². The minimum atomic E-state index is -3.44. The summed E-state index contributed by atoms with van der Waals surface area (Å²) in [4.78, 5) is 35.9. The summed E-state index contributed by atoms with van der Waals surface area (Å²) in [5.74, 6) is -0.382. The lowest BCUT2D eigenvalue weighted by molar-refractivity contribution is -0.148. The highest BCUT2D eigenvalue weighted by Gasteiger charge is 2.35. The Kier molecular flexibility index (Phi) is 12.6. The van der Waals surface area contributed by atoms with Crippen molar-refractivity contribution >= 4 is 27.5 Å². The molecule has 3 atom stereocenters. The van der Waals surface area contributed by atoms with Crippen LogP contribution in [0.4, 0.5) is 14.6 Å². The smallest absolute Gasteiger partial charge is 0.345 e. The van der Waals surface area contributed by atoms with Crippen molar-refractivity contribution in [3.8, 4) is 11.6 Å². The first-order chi connectivity index (χ1) is 24.6. The van der Waals surface area contributed by atoms with Crippen molar-refractivity contribution in [2.24, 2.45) is 0 Å². The maximum atomic E-state index is 13.4. The molecule has 5 rings (SSSR count). The van der Waals surface area contributed by atoms with Crippen molar-refractivity contribution in [2.45, 2.75) is 50.0 Å². The van der Waals surface area contributed by atoms with E-state index in [1.54, 1.807) is 84.5 Å². The van der Waals surface area contributed by atoms with E-state index in [0.717, 1.165) is 5.69 Å². The molecule has 0 spiro atoms. The molecule has 1 saturated heterocycles. The Labute approximate surface area is 293 Å². The zero-order valence-corrected chi connectivity index (χ0v) is 28.7. The summed E-state index contributed by atoms with van der Waals surface area (Å²) in [5.41, 5.74) is 1.48. The largest absolute Gasteiger partial charge is 0.472 e. The fraction of sp³-hybridized carbons (Fsp3) is 0.382. The van der Waals surface area contributed by atoms with Crippen LogP contribution in [-0.4, -0.2) is 97.5 Å². The van der Waals surface area contributed by atoms with Crippen molar-refractivity contribution in [3.63, 3.8) is 0 Å². The standard InChI is InChI=1S/C34H38F2N6O8S/c1-3-48-32(43)22-47-21-29(23-6-10-28(11-7-23)51(45,46)4-2)40-33(44)24-8-12-30(37-17-24)41-19-27(16-26(41)20-49-34(35)36)50-31-13-9-25(18-38-31)42-15-5-14-39-42/h5-15,17-18,26-27,29,34H,3-4,16,19-22H2,1-2H3,(H,40,44)/t26-,27-,29-/m0/s1. The number of carbonyl (C=O) groups is 2. The molecule has 0 saturated carbocycles. The van der Waals surface area contributed by atoms with E-state index in [-0.39, 0.29) is 42.6 Å². The molecule has 1 aliphatic heterocycles. The third kappa shape index (κ3) is 10.0. The average molecular weight is 729 g/mol. The van der Waals surface area contributed by atoms with Gasteiger partial charge in [-0.1, -0.05) is 19.1 Å². The molecule has 1 amide bonds. The minimum absolute atomic E-state index is 0.0678. The molecule has 1 fully saturated rings. The molecular weight excluding hydrogens is 690 g/mol. The highest BCUT2D eigenvalue weighted by atomic mass is 32.2. The molecule has 0 unspecified atom stereocenters. The van der Waals surface area contributed by atoms with Crippen LogP contribution in [0.1, 0.15) is 42.2 Å². The van der Waals surface area contributed by atoms with Crippen molar-refractivity contribution in [1.29, 1.82) is 0 Å². The van der Waals surface area contributed by atoms with Crippen molar-refractivity contribution in [3.05, 3.63) is 90.5 Å². The number of anilines is 1. The summed E-state index contributed by atoms with van der Waals surface area (Å²) >= 11 is 0. The zero-order chi connectivity index (χ0) is 36.4. The van der Waals surface area contributed by atoms with E-state index >= 15 is 0 Å². The Morgan fingerprint density at radius 1 is 1.04 bits per heavy atom. The van der Waals surface area contributed by atoms with Gasteiger partial charge in [-0.15, -0.1) is 0 Å². The van der Waals surface area contributed by atoms with E-state index in [1.165, 1.54) is 18.3 Å². The Balaban J connectivity index is 1.27. The molecule has 0 aliphatic carbocycles. The van der Waals surface area contributed by atoms with E-state index in [0.29, 0.717) is 30.2 Å². The summed E-state index contributed by atoms with van der Waals surface area (Å²) < 4.78 is 73.4. The Morgan fingerprint density at radius 2 is 1.84 bits per heavy atom. The Bertz CT molecular complexity index is 1830. The summed E-state index contributed by atoms with van der Waals surface area (Å²) in [6.45, 7) is -0.00345.